The molecule has 2 aliphatic carbocycles. The number of carboxylic acids is 1. The van der Waals surface area contributed by atoms with Gasteiger partial charge in [-0.25, -0.2) is 4.79 Å². The highest BCUT2D eigenvalue weighted by Crippen LogP contribution is 2.44. The fraction of sp³-hybridized carbons (Fsp3) is 0.464. The number of rotatable bonds is 11. The maximum atomic E-state index is 12.5. The number of carbonyl (C=O) groups excluding carboxylic acids is 2. The predicted octanol–water partition coefficient (Wildman–Crippen LogP) is 4.41. The van der Waals surface area contributed by atoms with Crippen molar-refractivity contribution < 1.29 is 24.2 Å². The van der Waals surface area contributed by atoms with Crippen molar-refractivity contribution in [2.45, 2.75) is 39.0 Å². The van der Waals surface area contributed by atoms with E-state index in [1.54, 1.807) is 0 Å². The summed E-state index contributed by atoms with van der Waals surface area (Å²) in [7, 11) is 0. The van der Waals surface area contributed by atoms with E-state index in [1.807, 2.05) is 38.1 Å². The van der Waals surface area contributed by atoms with Gasteiger partial charge in [0.15, 0.2) is 0 Å². The number of alkyl carbamates (subject to hydrolysis) is 1. The van der Waals surface area contributed by atoms with E-state index >= 15 is 0 Å². The minimum Gasteiger partial charge on any atom is -0.481 e. The molecule has 7 heteroatoms. The number of ether oxygens (including phenoxy) is 1. The van der Waals surface area contributed by atoms with Crippen LogP contribution in [-0.2, 0) is 14.3 Å². The largest absolute Gasteiger partial charge is 0.481 e. The van der Waals surface area contributed by atoms with Crippen LogP contribution in [0.3, 0.4) is 0 Å². The summed E-state index contributed by atoms with van der Waals surface area (Å²) in [5.74, 6) is -0.673. The Hall–Kier alpha value is -3.35. The van der Waals surface area contributed by atoms with Gasteiger partial charge in [0, 0.05) is 31.3 Å². The van der Waals surface area contributed by atoms with E-state index in [-0.39, 0.29) is 42.6 Å². The standard InChI is InChI=1S/C28H34N2O5/c1-17(2)11-18(12-26(31)32)14-29-27(33)24-13-19(24)15-30-28(34)35-16-25-22-9-5-3-7-20(22)21-8-4-6-10-23(21)25/h3-10,17-19,24-25H,11-16H2,1-2H3,(H,29,33)(H,30,34)(H,31,32)/t18-,19-,24-/m0/s1. The summed E-state index contributed by atoms with van der Waals surface area (Å²) in [6.07, 6.45) is 1.04. The van der Waals surface area contributed by atoms with Crippen LogP contribution >= 0.6 is 0 Å². The lowest BCUT2D eigenvalue weighted by atomic mass is 9.94. The molecule has 35 heavy (non-hydrogen) atoms. The number of hydrogen-bond donors (Lipinski definition) is 3. The van der Waals surface area contributed by atoms with Crippen LogP contribution in [0, 0.1) is 23.7 Å². The zero-order chi connectivity index (χ0) is 24.9. The minimum absolute atomic E-state index is 0.0113. The Balaban J connectivity index is 1.20. The first-order valence-corrected chi connectivity index (χ1v) is 12.4. The molecule has 0 spiro atoms. The molecule has 186 valence electrons. The summed E-state index contributed by atoms with van der Waals surface area (Å²) < 4.78 is 5.56. The SMILES string of the molecule is CC(C)C[C@H](CNC(=O)[C@H]1C[C@H]1CNC(=O)OCC1c2ccccc2-c2ccccc21)CC(=O)O. The van der Waals surface area contributed by atoms with Crippen molar-refractivity contribution in [1.82, 2.24) is 10.6 Å². The Morgan fingerprint density at radius 1 is 1.00 bits per heavy atom. The second kappa shape index (κ2) is 10.9. The van der Waals surface area contributed by atoms with Gasteiger partial charge in [0.25, 0.3) is 0 Å². The molecule has 7 nitrogen and oxygen atoms in total. The molecule has 2 aliphatic rings. The number of fused-ring (bicyclic) bond motifs is 3. The number of nitrogens with one attached hydrogen (secondary N) is 2. The third-order valence-corrected chi connectivity index (χ3v) is 6.94. The van der Waals surface area contributed by atoms with Gasteiger partial charge in [-0.2, -0.15) is 0 Å². The normalized spacial score (nSPS) is 18.9. The van der Waals surface area contributed by atoms with E-state index in [4.69, 9.17) is 9.84 Å². The molecule has 2 aromatic rings. The molecule has 0 aromatic heterocycles. The zero-order valence-corrected chi connectivity index (χ0v) is 20.3. The van der Waals surface area contributed by atoms with Gasteiger partial charge in [-0.05, 0) is 52.8 Å². The van der Waals surface area contributed by atoms with E-state index in [9.17, 15) is 14.4 Å². The topological polar surface area (TPSA) is 105 Å². The lowest BCUT2D eigenvalue weighted by Gasteiger charge is -2.18. The van der Waals surface area contributed by atoms with Crippen LogP contribution in [0.15, 0.2) is 48.5 Å². The minimum atomic E-state index is -0.846. The van der Waals surface area contributed by atoms with Crippen LogP contribution in [0.5, 0.6) is 0 Å². The van der Waals surface area contributed by atoms with Crippen molar-refractivity contribution in [3.05, 3.63) is 59.7 Å². The second-order valence-corrected chi connectivity index (χ2v) is 10.1. The Morgan fingerprint density at radius 2 is 1.63 bits per heavy atom. The maximum Gasteiger partial charge on any atom is 0.407 e. The average molecular weight is 479 g/mol. The third-order valence-electron chi connectivity index (χ3n) is 6.94. The zero-order valence-electron chi connectivity index (χ0n) is 20.3. The Morgan fingerprint density at radius 3 is 2.23 bits per heavy atom. The van der Waals surface area contributed by atoms with Gasteiger partial charge in [-0.3, -0.25) is 9.59 Å². The molecule has 0 heterocycles. The third kappa shape index (κ3) is 6.21. The van der Waals surface area contributed by atoms with E-state index in [0.717, 1.165) is 6.42 Å². The maximum absolute atomic E-state index is 12.5. The number of aliphatic carboxylic acids is 1. The molecule has 0 aliphatic heterocycles. The van der Waals surface area contributed by atoms with Crippen molar-refractivity contribution >= 4 is 18.0 Å². The van der Waals surface area contributed by atoms with Crippen LogP contribution in [0.4, 0.5) is 4.79 Å². The van der Waals surface area contributed by atoms with Crippen molar-refractivity contribution in [2.24, 2.45) is 23.7 Å². The first kappa shape index (κ1) is 24.8. The summed E-state index contributed by atoms with van der Waals surface area (Å²) in [5, 5.41) is 14.8. The van der Waals surface area contributed by atoms with Crippen LogP contribution in [-0.4, -0.2) is 42.8 Å². The predicted molar refractivity (Wildman–Crippen MR) is 133 cm³/mol. The van der Waals surface area contributed by atoms with Gasteiger partial charge in [-0.1, -0.05) is 62.4 Å². The van der Waals surface area contributed by atoms with Gasteiger partial charge in [0.05, 0.1) is 0 Å². The molecular formula is C28H34N2O5. The monoisotopic (exact) mass is 478 g/mol. The number of benzene rings is 2. The first-order chi connectivity index (χ1) is 16.8. The van der Waals surface area contributed by atoms with Crippen molar-refractivity contribution in [3.8, 4) is 11.1 Å². The average Bonchev–Trinajstić information content (AvgIpc) is 3.54. The Labute approximate surface area is 206 Å². The van der Waals surface area contributed by atoms with Gasteiger partial charge < -0.3 is 20.5 Å². The van der Waals surface area contributed by atoms with E-state index < -0.39 is 12.1 Å². The lowest BCUT2D eigenvalue weighted by Crippen LogP contribution is -2.33. The fourth-order valence-corrected chi connectivity index (χ4v) is 5.19. The van der Waals surface area contributed by atoms with E-state index in [2.05, 4.69) is 34.9 Å². The van der Waals surface area contributed by atoms with Crippen molar-refractivity contribution in [3.63, 3.8) is 0 Å². The smallest absolute Gasteiger partial charge is 0.407 e. The van der Waals surface area contributed by atoms with Crippen LogP contribution in [0.25, 0.3) is 11.1 Å². The van der Waals surface area contributed by atoms with Gasteiger partial charge in [0.1, 0.15) is 6.61 Å². The second-order valence-electron chi connectivity index (χ2n) is 10.1. The molecule has 3 N–H and O–H groups in total. The lowest BCUT2D eigenvalue weighted by molar-refractivity contribution is -0.138. The van der Waals surface area contributed by atoms with Crippen LogP contribution in [0.1, 0.15) is 50.2 Å². The van der Waals surface area contributed by atoms with E-state index in [0.29, 0.717) is 25.4 Å². The number of hydrogen-bond acceptors (Lipinski definition) is 4. The molecule has 1 fully saturated rings. The highest BCUT2D eigenvalue weighted by molar-refractivity contribution is 5.82. The van der Waals surface area contributed by atoms with Gasteiger partial charge in [-0.15, -0.1) is 0 Å². The van der Waals surface area contributed by atoms with Crippen LogP contribution < -0.4 is 10.6 Å². The molecule has 1 saturated carbocycles. The number of amides is 2. The summed E-state index contributed by atoms with van der Waals surface area (Å²) in [5.41, 5.74) is 4.70. The van der Waals surface area contributed by atoms with Crippen LogP contribution in [0.2, 0.25) is 0 Å². The molecule has 0 radical (unpaired) electrons. The highest BCUT2D eigenvalue weighted by Gasteiger charge is 2.43. The van der Waals surface area contributed by atoms with Crippen molar-refractivity contribution in [2.75, 3.05) is 19.7 Å². The summed E-state index contributed by atoms with van der Waals surface area (Å²) in [6, 6.07) is 16.4. The Bertz CT molecular complexity index is 1040. The molecule has 0 saturated heterocycles. The first-order valence-electron chi connectivity index (χ1n) is 12.4. The molecule has 0 unspecified atom stereocenters. The summed E-state index contributed by atoms with van der Waals surface area (Å²) >= 11 is 0. The molecular weight excluding hydrogens is 444 g/mol. The molecule has 4 rings (SSSR count). The highest BCUT2D eigenvalue weighted by atomic mass is 16.5. The fourth-order valence-electron chi connectivity index (χ4n) is 5.19. The van der Waals surface area contributed by atoms with E-state index in [1.165, 1.54) is 22.3 Å². The molecule has 2 amide bonds. The molecule has 0 bridgehead atoms. The summed E-state index contributed by atoms with van der Waals surface area (Å²) in [6.45, 7) is 5.10. The van der Waals surface area contributed by atoms with Gasteiger partial charge >= 0.3 is 12.1 Å². The van der Waals surface area contributed by atoms with Gasteiger partial charge in [0.2, 0.25) is 5.91 Å². The number of carboxylic acid groups (broad SMARTS) is 1. The molecule has 2 aromatic carbocycles. The molecule has 3 atom stereocenters. The quantitative estimate of drug-likeness (QED) is 0.444. The summed E-state index contributed by atoms with van der Waals surface area (Å²) in [4.78, 5) is 35.9. The number of carbonyl (C=O) groups is 3. The van der Waals surface area contributed by atoms with Crippen molar-refractivity contribution in [1.29, 1.82) is 0 Å². The Kier molecular flexibility index (Phi) is 7.73.